The first-order valence-corrected chi connectivity index (χ1v) is 10.1. The zero-order valence-electron chi connectivity index (χ0n) is 16.7. The standard InChI is InChI=1S/C22H28ClN3O2/c1-4-25(2)20-13-21(28-3)18(12-19(20)23)22(27)24-17-10-11-26(15-17)14-16-8-6-5-7-9-16/h5-9,12-13,17H,4,10-11,14-15H2,1-3H3,(H,24,27). The maximum Gasteiger partial charge on any atom is 0.255 e. The highest BCUT2D eigenvalue weighted by molar-refractivity contribution is 6.33. The number of methoxy groups -OCH3 is 1. The maximum absolute atomic E-state index is 12.9. The number of anilines is 1. The summed E-state index contributed by atoms with van der Waals surface area (Å²) in [6.45, 7) is 5.57. The lowest BCUT2D eigenvalue weighted by atomic mass is 10.1. The van der Waals surface area contributed by atoms with E-state index in [-0.39, 0.29) is 11.9 Å². The molecule has 0 bridgehead atoms. The van der Waals surface area contributed by atoms with E-state index in [1.54, 1.807) is 13.2 Å². The van der Waals surface area contributed by atoms with Crippen LogP contribution in [0.5, 0.6) is 5.75 Å². The molecule has 1 unspecified atom stereocenters. The van der Waals surface area contributed by atoms with Crippen molar-refractivity contribution in [1.29, 1.82) is 0 Å². The minimum atomic E-state index is -0.143. The molecule has 1 heterocycles. The largest absolute Gasteiger partial charge is 0.496 e. The van der Waals surface area contributed by atoms with Crippen LogP contribution < -0.4 is 15.0 Å². The van der Waals surface area contributed by atoms with Crippen LogP contribution in [0, 0.1) is 0 Å². The molecule has 1 aliphatic heterocycles. The molecule has 6 heteroatoms. The summed E-state index contributed by atoms with van der Waals surface area (Å²) in [7, 11) is 3.53. The lowest BCUT2D eigenvalue weighted by Crippen LogP contribution is -2.37. The van der Waals surface area contributed by atoms with Gasteiger partial charge in [0.15, 0.2) is 0 Å². The van der Waals surface area contributed by atoms with Gasteiger partial charge < -0.3 is 15.0 Å². The van der Waals surface area contributed by atoms with E-state index in [0.717, 1.165) is 38.3 Å². The number of hydrogen-bond donors (Lipinski definition) is 1. The third-order valence-corrected chi connectivity index (χ3v) is 5.56. The smallest absolute Gasteiger partial charge is 0.255 e. The average Bonchev–Trinajstić information content (AvgIpc) is 3.14. The Balaban J connectivity index is 1.65. The van der Waals surface area contributed by atoms with E-state index in [2.05, 4.69) is 34.5 Å². The predicted molar refractivity (Wildman–Crippen MR) is 115 cm³/mol. The van der Waals surface area contributed by atoms with Gasteiger partial charge in [-0.3, -0.25) is 9.69 Å². The van der Waals surface area contributed by atoms with Gasteiger partial charge in [0.05, 0.1) is 23.4 Å². The Morgan fingerprint density at radius 2 is 2.07 bits per heavy atom. The molecule has 2 aromatic rings. The first-order valence-electron chi connectivity index (χ1n) is 9.67. The normalized spacial score (nSPS) is 16.8. The lowest BCUT2D eigenvalue weighted by molar-refractivity contribution is 0.0934. The van der Waals surface area contributed by atoms with Crippen LogP contribution >= 0.6 is 11.6 Å². The zero-order chi connectivity index (χ0) is 20.1. The van der Waals surface area contributed by atoms with E-state index in [4.69, 9.17) is 16.3 Å². The van der Waals surface area contributed by atoms with Crippen LogP contribution in [0.2, 0.25) is 5.02 Å². The van der Waals surface area contributed by atoms with Crippen LogP contribution in [0.3, 0.4) is 0 Å². The van der Waals surface area contributed by atoms with Gasteiger partial charge in [0, 0.05) is 45.3 Å². The summed E-state index contributed by atoms with van der Waals surface area (Å²) in [5.41, 5.74) is 2.62. The molecular formula is C22H28ClN3O2. The Morgan fingerprint density at radius 1 is 1.32 bits per heavy atom. The third-order valence-electron chi connectivity index (χ3n) is 5.26. The highest BCUT2D eigenvalue weighted by Gasteiger charge is 2.26. The molecule has 1 atom stereocenters. The number of benzene rings is 2. The van der Waals surface area contributed by atoms with Crippen molar-refractivity contribution in [2.45, 2.75) is 25.9 Å². The summed E-state index contributed by atoms with van der Waals surface area (Å²) in [4.78, 5) is 17.3. The minimum absolute atomic E-state index is 0.123. The molecular weight excluding hydrogens is 374 g/mol. The van der Waals surface area contributed by atoms with Gasteiger partial charge >= 0.3 is 0 Å². The molecule has 1 saturated heterocycles. The second kappa shape index (κ2) is 9.30. The lowest BCUT2D eigenvalue weighted by Gasteiger charge is -2.21. The van der Waals surface area contributed by atoms with E-state index in [1.165, 1.54) is 5.56 Å². The molecule has 0 aliphatic carbocycles. The number of halogens is 1. The number of likely N-dealkylation sites (tertiary alicyclic amines) is 1. The molecule has 5 nitrogen and oxygen atoms in total. The van der Waals surface area contributed by atoms with Crippen molar-refractivity contribution in [2.75, 3.05) is 38.7 Å². The number of hydrogen-bond acceptors (Lipinski definition) is 4. The Bertz CT molecular complexity index is 813. The molecule has 150 valence electrons. The SMILES string of the molecule is CCN(C)c1cc(OC)c(C(=O)NC2CCN(Cc3ccccc3)C2)cc1Cl. The minimum Gasteiger partial charge on any atom is -0.496 e. The van der Waals surface area contributed by atoms with Gasteiger partial charge in [-0.05, 0) is 25.0 Å². The fourth-order valence-electron chi connectivity index (χ4n) is 3.55. The molecule has 2 aromatic carbocycles. The van der Waals surface area contributed by atoms with Crippen LogP contribution in [-0.4, -0.2) is 50.6 Å². The van der Waals surface area contributed by atoms with Crippen molar-refractivity contribution in [3.63, 3.8) is 0 Å². The number of carbonyl (C=O) groups is 1. The van der Waals surface area contributed by atoms with Gasteiger partial charge in [-0.1, -0.05) is 41.9 Å². The Kier molecular flexibility index (Phi) is 6.81. The van der Waals surface area contributed by atoms with E-state index >= 15 is 0 Å². The van der Waals surface area contributed by atoms with Crippen molar-refractivity contribution < 1.29 is 9.53 Å². The molecule has 1 fully saturated rings. The maximum atomic E-state index is 12.9. The fraction of sp³-hybridized carbons (Fsp3) is 0.409. The molecule has 0 saturated carbocycles. The molecule has 28 heavy (non-hydrogen) atoms. The fourth-order valence-corrected chi connectivity index (χ4v) is 3.86. The van der Waals surface area contributed by atoms with Crippen molar-refractivity contribution in [2.24, 2.45) is 0 Å². The number of rotatable bonds is 7. The summed E-state index contributed by atoms with van der Waals surface area (Å²) in [6, 6.07) is 14.1. The summed E-state index contributed by atoms with van der Waals surface area (Å²) in [5, 5.41) is 3.69. The van der Waals surface area contributed by atoms with E-state index < -0.39 is 0 Å². The number of carbonyl (C=O) groups excluding carboxylic acids is 1. The van der Waals surface area contributed by atoms with Gasteiger partial charge in [-0.2, -0.15) is 0 Å². The molecule has 0 aromatic heterocycles. The van der Waals surface area contributed by atoms with Crippen LogP contribution in [0.25, 0.3) is 0 Å². The van der Waals surface area contributed by atoms with E-state index in [0.29, 0.717) is 16.3 Å². The number of nitrogens with one attached hydrogen (secondary N) is 1. The average molecular weight is 402 g/mol. The molecule has 1 aliphatic rings. The Morgan fingerprint density at radius 3 is 2.75 bits per heavy atom. The monoisotopic (exact) mass is 401 g/mol. The zero-order valence-corrected chi connectivity index (χ0v) is 17.5. The summed E-state index contributed by atoms with van der Waals surface area (Å²) >= 11 is 6.42. The Labute approximate surface area is 172 Å². The molecule has 0 radical (unpaired) electrons. The Hall–Kier alpha value is -2.24. The number of nitrogens with zero attached hydrogens (tertiary/aromatic N) is 2. The highest BCUT2D eigenvalue weighted by atomic mass is 35.5. The van der Waals surface area contributed by atoms with Crippen LogP contribution in [-0.2, 0) is 6.54 Å². The van der Waals surface area contributed by atoms with Crippen molar-refractivity contribution in [1.82, 2.24) is 10.2 Å². The number of ether oxygens (including phenoxy) is 1. The van der Waals surface area contributed by atoms with Crippen LogP contribution in [0.1, 0.15) is 29.3 Å². The van der Waals surface area contributed by atoms with Gasteiger partial charge in [-0.25, -0.2) is 0 Å². The predicted octanol–water partition coefficient (Wildman–Crippen LogP) is 3.81. The topological polar surface area (TPSA) is 44.8 Å². The van der Waals surface area contributed by atoms with Crippen molar-refractivity contribution in [3.8, 4) is 5.75 Å². The van der Waals surface area contributed by atoms with Crippen molar-refractivity contribution >= 4 is 23.2 Å². The van der Waals surface area contributed by atoms with Gasteiger partial charge in [0.1, 0.15) is 5.75 Å². The van der Waals surface area contributed by atoms with E-state index in [1.807, 2.05) is 31.0 Å². The van der Waals surface area contributed by atoms with Gasteiger partial charge in [-0.15, -0.1) is 0 Å². The summed E-state index contributed by atoms with van der Waals surface area (Å²) in [6.07, 6.45) is 0.936. The highest BCUT2D eigenvalue weighted by Crippen LogP contribution is 2.33. The first kappa shape index (κ1) is 20.5. The second-order valence-electron chi connectivity index (χ2n) is 7.20. The summed E-state index contributed by atoms with van der Waals surface area (Å²) in [5.74, 6) is 0.396. The summed E-state index contributed by atoms with van der Waals surface area (Å²) < 4.78 is 5.46. The van der Waals surface area contributed by atoms with E-state index in [9.17, 15) is 4.79 Å². The molecule has 0 spiro atoms. The number of amides is 1. The third kappa shape index (κ3) is 4.78. The first-order chi connectivity index (χ1) is 13.5. The molecule has 1 N–H and O–H groups in total. The van der Waals surface area contributed by atoms with Crippen LogP contribution in [0.15, 0.2) is 42.5 Å². The second-order valence-corrected chi connectivity index (χ2v) is 7.61. The molecule has 3 rings (SSSR count). The quantitative estimate of drug-likeness (QED) is 0.766. The molecule has 1 amide bonds. The van der Waals surface area contributed by atoms with Gasteiger partial charge in [0.25, 0.3) is 5.91 Å². The van der Waals surface area contributed by atoms with Gasteiger partial charge in [0.2, 0.25) is 0 Å². The van der Waals surface area contributed by atoms with Crippen LogP contribution in [0.4, 0.5) is 5.69 Å². The van der Waals surface area contributed by atoms with Crippen molar-refractivity contribution in [3.05, 3.63) is 58.6 Å².